The molecular formula is C12H15ClN6O. The van der Waals surface area contributed by atoms with Crippen molar-refractivity contribution in [2.45, 2.75) is 19.9 Å². The Bertz CT molecular complexity index is 630. The van der Waals surface area contributed by atoms with Crippen LogP contribution in [0.25, 0.3) is 0 Å². The second-order valence-electron chi connectivity index (χ2n) is 4.31. The van der Waals surface area contributed by atoms with Crippen molar-refractivity contribution in [1.82, 2.24) is 25.0 Å². The second kappa shape index (κ2) is 6.33. The summed E-state index contributed by atoms with van der Waals surface area (Å²) < 4.78 is 3.30. The van der Waals surface area contributed by atoms with Gasteiger partial charge in [-0.05, 0) is 6.92 Å². The lowest BCUT2D eigenvalue weighted by atomic mass is 10.3. The molecule has 2 heterocycles. The molecule has 0 aliphatic heterocycles. The van der Waals surface area contributed by atoms with Gasteiger partial charge in [-0.25, -0.2) is 5.43 Å². The molecule has 0 bridgehead atoms. The normalized spacial score (nSPS) is 11.2. The van der Waals surface area contributed by atoms with Gasteiger partial charge in [0.2, 0.25) is 5.91 Å². The summed E-state index contributed by atoms with van der Waals surface area (Å²) >= 11 is 5.73. The Hall–Kier alpha value is -2.15. The molecule has 2 rings (SSSR count). The number of hydrogen-bond acceptors (Lipinski definition) is 4. The summed E-state index contributed by atoms with van der Waals surface area (Å²) in [5.41, 5.74) is 4.19. The van der Waals surface area contributed by atoms with Crippen molar-refractivity contribution in [1.29, 1.82) is 0 Å². The zero-order valence-electron chi connectivity index (χ0n) is 11.2. The van der Waals surface area contributed by atoms with Gasteiger partial charge in [-0.3, -0.25) is 14.2 Å². The molecule has 0 spiro atoms. The van der Waals surface area contributed by atoms with E-state index in [1.165, 1.54) is 6.20 Å². The van der Waals surface area contributed by atoms with Gasteiger partial charge in [-0.2, -0.15) is 15.3 Å². The average molecular weight is 295 g/mol. The van der Waals surface area contributed by atoms with Crippen molar-refractivity contribution < 1.29 is 4.79 Å². The topological polar surface area (TPSA) is 77.1 Å². The molecule has 7 nitrogen and oxygen atoms in total. The lowest BCUT2D eigenvalue weighted by Crippen LogP contribution is -2.19. The van der Waals surface area contributed by atoms with Crippen LogP contribution < -0.4 is 5.43 Å². The third-order valence-electron chi connectivity index (χ3n) is 2.61. The van der Waals surface area contributed by atoms with Gasteiger partial charge in [0.1, 0.15) is 0 Å². The Morgan fingerprint density at radius 2 is 2.35 bits per heavy atom. The summed E-state index contributed by atoms with van der Waals surface area (Å²) in [7, 11) is 1.83. The molecule has 1 amide bonds. The van der Waals surface area contributed by atoms with E-state index in [4.69, 9.17) is 11.6 Å². The number of hydrazone groups is 1. The van der Waals surface area contributed by atoms with Crippen LogP contribution in [0.15, 0.2) is 23.7 Å². The smallest absolute Gasteiger partial charge is 0.241 e. The first-order valence-corrected chi connectivity index (χ1v) is 6.42. The summed E-state index contributed by atoms with van der Waals surface area (Å²) in [5.74, 6) is -0.186. The van der Waals surface area contributed by atoms with E-state index in [1.807, 2.05) is 20.2 Å². The predicted octanol–water partition coefficient (Wildman–Crippen LogP) is 1.12. The van der Waals surface area contributed by atoms with Crippen molar-refractivity contribution in [2.75, 3.05) is 0 Å². The van der Waals surface area contributed by atoms with E-state index in [-0.39, 0.29) is 12.3 Å². The Morgan fingerprint density at radius 3 is 2.95 bits per heavy atom. The molecule has 0 unspecified atom stereocenters. The number of rotatable bonds is 5. The lowest BCUT2D eigenvalue weighted by Gasteiger charge is -2.00. The van der Waals surface area contributed by atoms with Crippen LogP contribution in [0.5, 0.6) is 0 Å². The number of aromatic nitrogens is 4. The fourth-order valence-electron chi connectivity index (χ4n) is 1.65. The van der Waals surface area contributed by atoms with Gasteiger partial charge in [-0.1, -0.05) is 11.6 Å². The summed E-state index contributed by atoms with van der Waals surface area (Å²) in [4.78, 5) is 11.6. The minimum atomic E-state index is -0.186. The maximum absolute atomic E-state index is 11.6. The number of carbonyl (C=O) groups excluding carboxylic acids is 1. The summed E-state index contributed by atoms with van der Waals surface area (Å²) in [6, 6.07) is 0. The second-order valence-corrected chi connectivity index (χ2v) is 4.74. The van der Waals surface area contributed by atoms with Gasteiger partial charge in [-0.15, -0.1) is 0 Å². The quantitative estimate of drug-likeness (QED) is 0.663. The molecule has 1 N–H and O–H groups in total. The molecule has 2 aromatic heterocycles. The largest absolute Gasteiger partial charge is 0.275 e. The number of halogens is 1. The standard InChI is InChI=1S/C12H15ClN6O/c1-9-10(7-18(2)17-9)5-14-16-12(20)3-4-19-8-11(13)6-15-19/h5-8H,3-4H2,1-2H3,(H,16,20). The molecule has 0 fully saturated rings. The average Bonchev–Trinajstić information content (AvgIpc) is 2.93. The van der Waals surface area contributed by atoms with Crippen LogP contribution in [-0.2, 0) is 18.4 Å². The number of hydrogen-bond donors (Lipinski definition) is 1. The van der Waals surface area contributed by atoms with Crippen LogP contribution in [0, 0.1) is 6.92 Å². The highest BCUT2D eigenvalue weighted by Crippen LogP contribution is 2.05. The highest BCUT2D eigenvalue weighted by Gasteiger charge is 2.03. The van der Waals surface area contributed by atoms with Crippen molar-refractivity contribution >= 4 is 23.7 Å². The monoisotopic (exact) mass is 294 g/mol. The maximum Gasteiger partial charge on any atom is 0.241 e. The zero-order valence-corrected chi connectivity index (χ0v) is 12.0. The van der Waals surface area contributed by atoms with Crippen LogP contribution in [-0.4, -0.2) is 31.7 Å². The molecular weight excluding hydrogens is 280 g/mol. The van der Waals surface area contributed by atoms with Crippen LogP contribution in [0.4, 0.5) is 0 Å². The van der Waals surface area contributed by atoms with Crippen molar-refractivity contribution in [3.63, 3.8) is 0 Å². The molecule has 0 aliphatic rings. The van der Waals surface area contributed by atoms with Crippen LogP contribution >= 0.6 is 11.6 Å². The van der Waals surface area contributed by atoms with E-state index in [0.717, 1.165) is 11.3 Å². The minimum absolute atomic E-state index is 0.186. The zero-order chi connectivity index (χ0) is 14.5. The predicted molar refractivity (Wildman–Crippen MR) is 75.5 cm³/mol. The third-order valence-corrected chi connectivity index (χ3v) is 2.81. The van der Waals surface area contributed by atoms with Gasteiger partial charge in [0.15, 0.2) is 0 Å². The third kappa shape index (κ3) is 3.92. The fourth-order valence-corrected chi connectivity index (χ4v) is 1.81. The van der Waals surface area contributed by atoms with Crippen molar-refractivity contribution in [3.05, 3.63) is 34.9 Å². The molecule has 20 heavy (non-hydrogen) atoms. The Kier molecular flexibility index (Phi) is 4.52. The molecule has 0 radical (unpaired) electrons. The maximum atomic E-state index is 11.6. The van der Waals surface area contributed by atoms with E-state index in [1.54, 1.807) is 21.8 Å². The number of nitrogens with one attached hydrogen (secondary N) is 1. The number of nitrogens with zero attached hydrogens (tertiary/aromatic N) is 5. The van der Waals surface area contributed by atoms with E-state index >= 15 is 0 Å². The van der Waals surface area contributed by atoms with Gasteiger partial charge < -0.3 is 0 Å². The number of carbonyl (C=O) groups is 1. The molecule has 2 aromatic rings. The molecule has 0 saturated carbocycles. The number of aryl methyl sites for hydroxylation is 3. The van der Waals surface area contributed by atoms with E-state index in [2.05, 4.69) is 20.7 Å². The van der Waals surface area contributed by atoms with E-state index < -0.39 is 0 Å². The molecule has 0 aromatic carbocycles. The van der Waals surface area contributed by atoms with E-state index in [0.29, 0.717) is 11.6 Å². The number of amides is 1. The molecule has 0 atom stereocenters. The first-order chi connectivity index (χ1) is 9.54. The van der Waals surface area contributed by atoms with Gasteiger partial charge in [0.25, 0.3) is 0 Å². The van der Waals surface area contributed by atoms with Gasteiger partial charge >= 0.3 is 0 Å². The molecule has 0 aliphatic carbocycles. The van der Waals surface area contributed by atoms with Crippen LogP contribution in [0.1, 0.15) is 17.7 Å². The van der Waals surface area contributed by atoms with Crippen LogP contribution in [0.2, 0.25) is 5.02 Å². The SMILES string of the molecule is Cc1nn(C)cc1C=NNC(=O)CCn1cc(Cl)cn1. The first-order valence-electron chi connectivity index (χ1n) is 6.04. The summed E-state index contributed by atoms with van der Waals surface area (Å²) in [5, 5.41) is 12.6. The van der Waals surface area contributed by atoms with Crippen molar-refractivity contribution in [2.24, 2.45) is 12.1 Å². The minimum Gasteiger partial charge on any atom is -0.275 e. The Balaban J connectivity index is 1.79. The van der Waals surface area contributed by atoms with Gasteiger partial charge in [0.05, 0.1) is 23.1 Å². The molecule has 106 valence electrons. The lowest BCUT2D eigenvalue weighted by molar-refractivity contribution is -0.121. The van der Waals surface area contributed by atoms with Crippen molar-refractivity contribution in [3.8, 4) is 0 Å². The van der Waals surface area contributed by atoms with E-state index in [9.17, 15) is 4.79 Å². The van der Waals surface area contributed by atoms with Gasteiger partial charge in [0, 0.05) is 38.0 Å². The molecule has 8 heteroatoms. The van der Waals surface area contributed by atoms with Crippen LogP contribution in [0.3, 0.4) is 0 Å². The Morgan fingerprint density at radius 1 is 1.55 bits per heavy atom. The molecule has 0 saturated heterocycles. The summed E-state index contributed by atoms with van der Waals surface area (Å²) in [6.45, 7) is 2.34. The highest BCUT2D eigenvalue weighted by molar-refractivity contribution is 6.30. The first kappa shape index (κ1) is 14.3. The Labute approximate surface area is 121 Å². The highest BCUT2D eigenvalue weighted by atomic mass is 35.5. The summed E-state index contributed by atoms with van der Waals surface area (Å²) in [6.07, 6.45) is 6.88. The fraction of sp³-hybridized carbons (Fsp3) is 0.333.